The van der Waals surface area contributed by atoms with E-state index >= 15 is 0 Å². The summed E-state index contributed by atoms with van der Waals surface area (Å²) in [6.07, 6.45) is 3.03. The van der Waals surface area contributed by atoms with Crippen LogP contribution in [0.15, 0.2) is 53.4 Å². The summed E-state index contributed by atoms with van der Waals surface area (Å²) < 4.78 is 32.9. The molecule has 0 aromatic heterocycles. The number of nitrogens with one attached hydrogen (secondary N) is 1. The zero-order valence-corrected chi connectivity index (χ0v) is 19.6. The minimum absolute atomic E-state index is 0.131. The molecule has 3 rings (SSSR count). The summed E-state index contributed by atoms with van der Waals surface area (Å²) in [7, 11) is -3.70. The Bertz CT molecular complexity index is 1140. The number of rotatable bonds is 8. The van der Waals surface area contributed by atoms with E-state index in [4.69, 9.17) is 10.00 Å². The monoisotopic (exact) mass is 468 g/mol. The molecule has 0 radical (unpaired) electrons. The first-order chi connectivity index (χ1) is 15.9. The van der Waals surface area contributed by atoms with Crippen LogP contribution in [0.25, 0.3) is 6.08 Å². The van der Waals surface area contributed by atoms with Gasteiger partial charge in [0.2, 0.25) is 15.9 Å². The highest BCUT2D eigenvalue weighted by molar-refractivity contribution is 7.89. The summed E-state index contributed by atoms with van der Waals surface area (Å²) in [6, 6.07) is 13.7. The van der Waals surface area contributed by atoms with E-state index in [2.05, 4.69) is 11.4 Å². The first-order valence-corrected chi connectivity index (χ1v) is 12.3. The fraction of sp³-hybridized carbons (Fsp3) is 0.333. The molecule has 0 bridgehead atoms. The van der Waals surface area contributed by atoms with Gasteiger partial charge >= 0.3 is 0 Å². The van der Waals surface area contributed by atoms with Crippen LogP contribution in [0.3, 0.4) is 0 Å². The summed E-state index contributed by atoms with van der Waals surface area (Å²) in [6.45, 7) is 6.73. The first-order valence-electron chi connectivity index (χ1n) is 10.8. The number of nitriles is 1. The Morgan fingerprint density at radius 3 is 2.42 bits per heavy atom. The van der Waals surface area contributed by atoms with Gasteiger partial charge in [-0.05, 0) is 55.8 Å². The Morgan fingerprint density at radius 1 is 1.15 bits per heavy atom. The predicted molar refractivity (Wildman–Crippen MR) is 128 cm³/mol. The number of benzene rings is 2. The van der Waals surface area contributed by atoms with Crippen LogP contribution in [0.5, 0.6) is 0 Å². The third-order valence-corrected chi connectivity index (χ3v) is 7.30. The maximum atomic E-state index is 13.1. The second kappa shape index (κ2) is 11.1. The molecule has 9 heteroatoms. The Hall–Kier alpha value is -3.19. The van der Waals surface area contributed by atoms with Gasteiger partial charge in [-0.2, -0.15) is 9.57 Å². The van der Waals surface area contributed by atoms with Crippen LogP contribution in [0.1, 0.15) is 25.0 Å². The highest BCUT2D eigenvalue weighted by Gasteiger charge is 2.27. The summed E-state index contributed by atoms with van der Waals surface area (Å²) >= 11 is 0. The van der Waals surface area contributed by atoms with Crippen LogP contribution in [0.2, 0.25) is 0 Å². The van der Waals surface area contributed by atoms with Crippen LogP contribution < -0.4 is 10.2 Å². The van der Waals surface area contributed by atoms with E-state index < -0.39 is 10.0 Å². The molecule has 1 heterocycles. The quantitative estimate of drug-likeness (QED) is 0.598. The summed E-state index contributed by atoms with van der Waals surface area (Å²) in [5.41, 5.74) is 2.50. The number of carbonyl (C=O) groups excluding carboxylic acids is 1. The average Bonchev–Trinajstić information content (AvgIpc) is 2.85. The molecule has 0 aliphatic carbocycles. The maximum Gasteiger partial charge on any atom is 0.248 e. The molecule has 8 nitrogen and oxygen atoms in total. The Labute approximate surface area is 195 Å². The van der Waals surface area contributed by atoms with Crippen molar-refractivity contribution in [3.8, 4) is 6.07 Å². The van der Waals surface area contributed by atoms with Crippen LogP contribution in [-0.4, -0.2) is 58.0 Å². The highest BCUT2D eigenvalue weighted by Crippen LogP contribution is 2.30. The molecule has 1 aliphatic rings. The van der Waals surface area contributed by atoms with Gasteiger partial charge in [-0.15, -0.1) is 0 Å². The van der Waals surface area contributed by atoms with Crippen molar-refractivity contribution in [1.29, 1.82) is 5.26 Å². The molecule has 0 unspecified atom stereocenters. The molecule has 0 saturated carbocycles. The van der Waals surface area contributed by atoms with Gasteiger partial charge in [-0.1, -0.05) is 12.1 Å². The van der Waals surface area contributed by atoms with Crippen molar-refractivity contribution in [2.75, 3.05) is 49.6 Å². The van der Waals surface area contributed by atoms with E-state index in [0.29, 0.717) is 50.6 Å². The number of anilines is 2. The molecule has 2 aromatic rings. The van der Waals surface area contributed by atoms with Crippen molar-refractivity contribution in [1.82, 2.24) is 4.31 Å². The number of hydrogen-bond acceptors (Lipinski definition) is 6. The van der Waals surface area contributed by atoms with Crippen molar-refractivity contribution < 1.29 is 17.9 Å². The minimum Gasteiger partial charge on any atom is -0.379 e. The van der Waals surface area contributed by atoms with Gasteiger partial charge in [0.1, 0.15) is 0 Å². The van der Waals surface area contributed by atoms with Gasteiger partial charge in [0.15, 0.2) is 0 Å². The number of hydrogen-bond donors (Lipinski definition) is 1. The number of carbonyl (C=O) groups is 1. The SMILES string of the molecule is CCN(CC)c1ccc(S(=O)(=O)N2CCOCC2)cc1NC(=O)/C=C/c1ccc(C#N)cc1. The second-order valence-corrected chi connectivity index (χ2v) is 9.36. The molecule has 1 N–H and O–H groups in total. The Morgan fingerprint density at radius 2 is 1.82 bits per heavy atom. The van der Waals surface area contributed by atoms with Gasteiger partial charge < -0.3 is 15.0 Å². The molecule has 0 atom stereocenters. The van der Waals surface area contributed by atoms with Crippen molar-refractivity contribution in [2.24, 2.45) is 0 Å². The van der Waals surface area contributed by atoms with Gasteiger partial charge in [0.05, 0.1) is 41.1 Å². The van der Waals surface area contributed by atoms with E-state index in [1.54, 1.807) is 42.5 Å². The lowest BCUT2D eigenvalue weighted by Gasteiger charge is -2.28. The van der Waals surface area contributed by atoms with Crippen LogP contribution in [0, 0.1) is 11.3 Å². The molecule has 0 spiro atoms. The third kappa shape index (κ3) is 5.99. The standard InChI is InChI=1S/C24H28N4O4S/c1-3-27(4-2)23-11-10-21(33(30,31)28-13-15-32-16-14-28)17-22(23)26-24(29)12-9-19-5-7-20(18-25)8-6-19/h5-12,17H,3-4,13-16H2,1-2H3,(H,26,29)/b12-9+. The van der Waals surface area contributed by atoms with Crippen LogP contribution in [-0.2, 0) is 19.6 Å². The van der Waals surface area contributed by atoms with E-state index in [0.717, 1.165) is 11.3 Å². The zero-order valence-electron chi connectivity index (χ0n) is 18.8. The lowest BCUT2D eigenvalue weighted by atomic mass is 10.1. The fourth-order valence-electron chi connectivity index (χ4n) is 3.57. The van der Waals surface area contributed by atoms with Gasteiger partial charge in [0.25, 0.3) is 0 Å². The largest absolute Gasteiger partial charge is 0.379 e. The average molecular weight is 469 g/mol. The van der Waals surface area contributed by atoms with Crippen LogP contribution >= 0.6 is 0 Å². The molecule has 1 fully saturated rings. The minimum atomic E-state index is -3.70. The van der Waals surface area contributed by atoms with Gasteiger partial charge in [0, 0.05) is 32.3 Å². The van der Waals surface area contributed by atoms with Crippen molar-refractivity contribution in [3.63, 3.8) is 0 Å². The Balaban J connectivity index is 1.88. The van der Waals surface area contributed by atoms with Crippen LogP contribution in [0.4, 0.5) is 11.4 Å². The lowest BCUT2D eigenvalue weighted by Crippen LogP contribution is -2.40. The van der Waals surface area contributed by atoms with E-state index in [9.17, 15) is 13.2 Å². The predicted octanol–water partition coefficient (Wildman–Crippen LogP) is 3.08. The lowest BCUT2D eigenvalue weighted by molar-refractivity contribution is -0.111. The molecule has 1 amide bonds. The molecular weight excluding hydrogens is 440 g/mol. The first kappa shape index (κ1) is 24.5. The summed E-state index contributed by atoms with van der Waals surface area (Å²) in [5, 5.41) is 11.7. The fourth-order valence-corrected chi connectivity index (χ4v) is 5.00. The Kier molecular flexibility index (Phi) is 8.22. The van der Waals surface area contributed by atoms with E-state index in [-0.39, 0.29) is 10.8 Å². The second-order valence-electron chi connectivity index (χ2n) is 7.42. The number of sulfonamides is 1. The smallest absolute Gasteiger partial charge is 0.248 e. The molecule has 1 aliphatic heterocycles. The van der Waals surface area contributed by atoms with Crippen molar-refractivity contribution in [3.05, 3.63) is 59.7 Å². The zero-order chi connectivity index (χ0) is 23.8. The molecule has 2 aromatic carbocycles. The number of morpholine rings is 1. The maximum absolute atomic E-state index is 13.1. The topological polar surface area (TPSA) is 103 Å². The van der Waals surface area contributed by atoms with Gasteiger partial charge in [-0.25, -0.2) is 8.42 Å². The molecule has 174 valence electrons. The third-order valence-electron chi connectivity index (χ3n) is 5.40. The highest BCUT2D eigenvalue weighted by atomic mass is 32.2. The normalized spacial score (nSPS) is 14.7. The van der Waals surface area contributed by atoms with E-state index in [1.165, 1.54) is 16.4 Å². The van der Waals surface area contributed by atoms with Crippen molar-refractivity contribution in [2.45, 2.75) is 18.7 Å². The van der Waals surface area contributed by atoms with Gasteiger partial charge in [-0.3, -0.25) is 4.79 Å². The number of amides is 1. The number of ether oxygens (including phenoxy) is 1. The van der Waals surface area contributed by atoms with Crippen molar-refractivity contribution >= 4 is 33.4 Å². The summed E-state index contributed by atoms with van der Waals surface area (Å²) in [5.74, 6) is -0.381. The molecule has 33 heavy (non-hydrogen) atoms. The molecule has 1 saturated heterocycles. The summed E-state index contributed by atoms with van der Waals surface area (Å²) in [4.78, 5) is 14.9. The van der Waals surface area contributed by atoms with E-state index in [1.807, 2.05) is 18.7 Å². The molecular formula is C24H28N4O4S. The number of nitrogens with zero attached hydrogens (tertiary/aromatic N) is 3.